The number of hydrogen-bond acceptors (Lipinski definition) is 2. The van der Waals surface area contributed by atoms with Crippen LogP contribution < -0.4 is 0 Å². The molecule has 2 aliphatic rings. The Morgan fingerprint density at radius 3 is 2.25 bits per heavy atom. The molecule has 0 radical (unpaired) electrons. The van der Waals surface area contributed by atoms with Gasteiger partial charge < -0.3 is 0 Å². The highest BCUT2D eigenvalue weighted by atomic mass is 79.9. The summed E-state index contributed by atoms with van der Waals surface area (Å²) in [5.41, 5.74) is 0. The van der Waals surface area contributed by atoms with Crippen molar-refractivity contribution in [1.29, 1.82) is 0 Å². The molecule has 1 fully saturated rings. The molecular weight excluding hydrogens is 236 g/mol. The summed E-state index contributed by atoms with van der Waals surface area (Å²) in [6.07, 6.45) is 1.09. The van der Waals surface area contributed by atoms with Crippen molar-refractivity contribution in [3.63, 3.8) is 0 Å². The molecular formula is C4H4Br2N2. The highest BCUT2D eigenvalue weighted by Crippen LogP contribution is 2.64. The van der Waals surface area contributed by atoms with Crippen molar-refractivity contribution in [3.8, 4) is 0 Å². The third-order valence-electron chi connectivity index (χ3n) is 1.63. The molecule has 0 bridgehead atoms. The number of fused-ring (bicyclic) bond motifs is 1. The second kappa shape index (κ2) is 1.19. The standard InChI is InChI=1S/C4H4Br2N2/c5-3-1-4(3,6)8-7-2-3/h1-2H2. The first-order valence-electron chi connectivity index (χ1n) is 2.43. The van der Waals surface area contributed by atoms with E-state index < -0.39 is 0 Å². The number of rotatable bonds is 0. The second-order valence-corrected chi connectivity index (χ2v) is 5.13. The van der Waals surface area contributed by atoms with Gasteiger partial charge in [0.15, 0.2) is 4.45 Å². The predicted octanol–water partition coefficient (Wildman–Crippen LogP) is 2.08. The lowest BCUT2D eigenvalue weighted by Gasteiger charge is -1.95. The molecule has 1 aliphatic heterocycles. The molecule has 0 spiro atoms. The fraction of sp³-hybridized carbons (Fsp3) is 1.00. The lowest BCUT2D eigenvalue weighted by atomic mass is 10.4. The fourth-order valence-corrected chi connectivity index (χ4v) is 2.58. The van der Waals surface area contributed by atoms with Crippen LogP contribution in [0.5, 0.6) is 0 Å². The molecule has 2 atom stereocenters. The second-order valence-electron chi connectivity index (χ2n) is 2.30. The minimum Gasteiger partial charge on any atom is -0.191 e. The Kier molecular flexibility index (Phi) is 0.794. The van der Waals surface area contributed by atoms with E-state index in [1.54, 1.807) is 0 Å². The fourth-order valence-electron chi connectivity index (χ4n) is 0.889. The van der Waals surface area contributed by atoms with Gasteiger partial charge in [-0.15, -0.1) is 0 Å². The molecule has 4 heteroatoms. The van der Waals surface area contributed by atoms with Crippen molar-refractivity contribution in [2.24, 2.45) is 10.2 Å². The summed E-state index contributed by atoms with van der Waals surface area (Å²) in [4.78, 5) is 0. The summed E-state index contributed by atoms with van der Waals surface area (Å²) in [5.74, 6) is 0. The van der Waals surface area contributed by atoms with Crippen molar-refractivity contribution >= 4 is 31.9 Å². The van der Waals surface area contributed by atoms with E-state index in [2.05, 4.69) is 42.1 Å². The van der Waals surface area contributed by atoms with Crippen molar-refractivity contribution in [1.82, 2.24) is 0 Å². The maximum absolute atomic E-state index is 4.01. The van der Waals surface area contributed by atoms with Gasteiger partial charge in [0.25, 0.3) is 0 Å². The van der Waals surface area contributed by atoms with Crippen molar-refractivity contribution in [2.75, 3.05) is 6.54 Å². The van der Waals surface area contributed by atoms with Crippen LogP contribution in [0, 0.1) is 0 Å². The number of nitrogens with zero attached hydrogens (tertiary/aromatic N) is 2. The van der Waals surface area contributed by atoms with Crippen LogP contribution in [0.15, 0.2) is 10.2 Å². The van der Waals surface area contributed by atoms with Crippen LogP contribution in [0.1, 0.15) is 6.42 Å². The Labute approximate surface area is 64.0 Å². The zero-order valence-corrected chi connectivity index (χ0v) is 7.24. The first kappa shape index (κ1) is 5.35. The first-order valence-corrected chi connectivity index (χ1v) is 4.01. The SMILES string of the molecule is BrC12CN=NC1(Br)C2. The van der Waals surface area contributed by atoms with Crippen LogP contribution in [-0.2, 0) is 0 Å². The number of alkyl halides is 2. The van der Waals surface area contributed by atoms with Crippen LogP contribution >= 0.6 is 31.9 Å². The van der Waals surface area contributed by atoms with E-state index in [4.69, 9.17) is 0 Å². The zero-order chi connectivity index (χ0) is 5.83. The minimum absolute atomic E-state index is 0.0139. The summed E-state index contributed by atoms with van der Waals surface area (Å²) >= 11 is 7.00. The molecule has 0 N–H and O–H groups in total. The van der Waals surface area contributed by atoms with Crippen LogP contribution in [-0.4, -0.2) is 15.3 Å². The van der Waals surface area contributed by atoms with E-state index in [-0.39, 0.29) is 8.77 Å². The van der Waals surface area contributed by atoms with Crippen molar-refractivity contribution in [3.05, 3.63) is 0 Å². The van der Waals surface area contributed by atoms with E-state index in [0.717, 1.165) is 13.0 Å². The Morgan fingerprint density at radius 2 is 2.12 bits per heavy atom. The summed E-state index contributed by atoms with van der Waals surface area (Å²) in [6.45, 7) is 0.832. The van der Waals surface area contributed by atoms with Gasteiger partial charge in [-0.25, -0.2) is 0 Å². The molecule has 2 nitrogen and oxygen atoms in total. The lowest BCUT2D eigenvalue weighted by Crippen LogP contribution is -2.07. The molecule has 0 aromatic heterocycles. The lowest BCUT2D eigenvalue weighted by molar-refractivity contribution is 0.921. The average molecular weight is 240 g/mol. The van der Waals surface area contributed by atoms with Crippen LogP contribution in [0.25, 0.3) is 0 Å². The topological polar surface area (TPSA) is 24.7 Å². The molecule has 0 amide bonds. The molecule has 8 heavy (non-hydrogen) atoms. The number of hydrogen-bond donors (Lipinski definition) is 0. The molecule has 2 unspecified atom stereocenters. The Bertz CT molecular complexity index is 169. The average Bonchev–Trinajstić information content (AvgIpc) is 2.00. The van der Waals surface area contributed by atoms with Gasteiger partial charge in [0.2, 0.25) is 0 Å². The molecule has 1 heterocycles. The maximum Gasteiger partial charge on any atom is 0.154 e. The Balaban J connectivity index is 2.36. The monoisotopic (exact) mass is 238 g/mol. The van der Waals surface area contributed by atoms with Gasteiger partial charge in [-0.3, -0.25) is 0 Å². The minimum atomic E-state index is -0.0139. The van der Waals surface area contributed by atoms with E-state index in [1.165, 1.54) is 0 Å². The van der Waals surface area contributed by atoms with Crippen LogP contribution in [0.3, 0.4) is 0 Å². The normalized spacial score (nSPS) is 58.8. The first-order chi connectivity index (χ1) is 3.66. The molecule has 2 rings (SSSR count). The Morgan fingerprint density at radius 1 is 1.38 bits per heavy atom. The molecule has 1 aliphatic carbocycles. The van der Waals surface area contributed by atoms with Gasteiger partial charge in [0.1, 0.15) is 0 Å². The third-order valence-corrected chi connectivity index (χ3v) is 4.54. The maximum atomic E-state index is 4.01. The van der Waals surface area contributed by atoms with Gasteiger partial charge in [0, 0.05) is 6.42 Å². The van der Waals surface area contributed by atoms with Crippen LogP contribution in [0.4, 0.5) is 0 Å². The van der Waals surface area contributed by atoms with Crippen molar-refractivity contribution in [2.45, 2.75) is 15.2 Å². The van der Waals surface area contributed by atoms with E-state index in [9.17, 15) is 0 Å². The van der Waals surface area contributed by atoms with Gasteiger partial charge in [-0.1, -0.05) is 31.9 Å². The van der Waals surface area contributed by atoms with Crippen molar-refractivity contribution < 1.29 is 0 Å². The molecule has 0 aromatic carbocycles. The molecule has 44 valence electrons. The van der Waals surface area contributed by atoms with Gasteiger partial charge >= 0.3 is 0 Å². The van der Waals surface area contributed by atoms with Crippen LogP contribution in [0.2, 0.25) is 0 Å². The largest absolute Gasteiger partial charge is 0.191 e. The number of azo groups is 1. The molecule has 0 aromatic rings. The van der Waals surface area contributed by atoms with Gasteiger partial charge in [0.05, 0.1) is 10.9 Å². The molecule has 1 saturated carbocycles. The number of halogens is 2. The highest BCUT2D eigenvalue weighted by molar-refractivity contribution is 9.13. The smallest absolute Gasteiger partial charge is 0.154 e. The van der Waals surface area contributed by atoms with E-state index in [1.807, 2.05) is 0 Å². The van der Waals surface area contributed by atoms with E-state index >= 15 is 0 Å². The summed E-state index contributed by atoms with van der Waals surface area (Å²) < 4.78 is 0.181. The highest BCUT2D eigenvalue weighted by Gasteiger charge is 2.69. The quantitative estimate of drug-likeness (QED) is 0.457. The van der Waals surface area contributed by atoms with Gasteiger partial charge in [-0.05, 0) is 0 Å². The predicted molar refractivity (Wildman–Crippen MR) is 37.7 cm³/mol. The summed E-state index contributed by atoms with van der Waals surface area (Å²) in [5, 5.41) is 7.90. The summed E-state index contributed by atoms with van der Waals surface area (Å²) in [7, 11) is 0. The molecule has 0 saturated heterocycles. The summed E-state index contributed by atoms with van der Waals surface area (Å²) in [6, 6.07) is 0. The zero-order valence-electron chi connectivity index (χ0n) is 4.06. The third kappa shape index (κ3) is 0.436. The van der Waals surface area contributed by atoms with E-state index in [0.29, 0.717) is 0 Å². The van der Waals surface area contributed by atoms with Gasteiger partial charge in [-0.2, -0.15) is 10.2 Å². The Hall–Kier alpha value is 0.560.